The Morgan fingerprint density at radius 1 is 0.932 bits per heavy atom. The van der Waals surface area contributed by atoms with Crippen LogP contribution in [0.4, 0.5) is 28.9 Å². The second kappa shape index (κ2) is 14.3. The van der Waals surface area contributed by atoms with E-state index in [0.29, 0.717) is 41.2 Å². The number of benzene rings is 3. The molecule has 5 rings (SSSR count). The molecule has 234 valence electrons. The van der Waals surface area contributed by atoms with Gasteiger partial charge in [-0.2, -0.15) is 13.2 Å². The van der Waals surface area contributed by atoms with E-state index >= 15 is 0 Å². The van der Waals surface area contributed by atoms with E-state index in [1.165, 1.54) is 17.7 Å². The van der Waals surface area contributed by atoms with Gasteiger partial charge in [0.1, 0.15) is 5.82 Å². The molecule has 0 spiro atoms. The zero-order valence-electron chi connectivity index (χ0n) is 23.8. The molecule has 12 heteroatoms. The maximum atomic E-state index is 13.1. The molecule has 3 aromatic carbocycles. The van der Waals surface area contributed by atoms with Gasteiger partial charge in [-0.1, -0.05) is 36.4 Å². The van der Waals surface area contributed by atoms with Crippen LogP contribution in [0, 0.1) is 11.7 Å². The first kappa shape index (κ1) is 32.5. The summed E-state index contributed by atoms with van der Waals surface area (Å²) in [6.45, 7) is 2.51. The number of halogens is 4. The number of nitrogens with two attached hydrogens (primary N) is 1. The Bertz CT molecular complexity index is 1440. The van der Waals surface area contributed by atoms with E-state index in [1.807, 2.05) is 41.3 Å². The first-order valence-electron chi connectivity index (χ1n) is 14.2. The lowest BCUT2D eigenvalue weighted by Crippen LogP contribution is -2.41. The summed E-state index contributed by atoms with van der Waals surface area (Å²) in [4.78, 5) is 36.2. The van der Waals surface area contributed by atoms with Gasteiger partial charge in [0.15, 0.2) is 0 Å². The number of nitrogen functional groups attached to an aromatic ring is 1. The number of likely N-dealkylation sites (tertiary alicyclic amines) is 1. The average Bonchev–Trinajstić information content (AvgIpc) is 3.78. The van der Waals surface area contributed by atoms with Gasteiger partial charge in [0, 0.05) is 30.6 Å². The van der Waals surface area contributed by atoms with Crippen molar-refractivity contribution >= 4 is 29.2 Å². The molecule has 8 nitrogen and oxygen atoms in total. The highest BCUT2D eigenvalue weighted by molar-refractivity contribution is 6.05. The molecular weight excluding hydrogens is 580 g/mol. The van der Waals surface area contributed by atoms with Crippen molar-refractivity contribution in [2.24, 2.45) is 5.92 Å². The first-order valence-corrected chi connectivity index (χ1v) is 14.2. The number of carbonyl (C=O) groups is 3. The van der Waals surface area contributed by atoms with Gasteiger partial charge in [-0.05, 0) is 79.3 Å². The molecule has 3 aromatic rings. The minimum absolute atomic E-state index is 0.124. The van der Waals surface area contributed by atoms with Crippen LogP contribution >= 0.6 is 0 Å². The van der Waals surface area contributed by atoms with E-state index in [0.717, 1.165) is 44.5 Å². The summed E-state index contributed by atoms with van der Waals surface area (Å²) in [5.41, 5.74) is 9.61. The van der Waals surface area contributed by atoms with Crippen LogP contribution in [0.5, 0.6) is 0 Å². The zero-order valence-corrected chi connectivity index (χ0v) is 23.8. The molecule has 2 fully saturated rings. The minimum Gasteiger partial charge on any atom is -0.475 e. The number of hydrogen-bond acceptors (Lipinski definition) is 5. The maximum absolute atomic E-state index is 13.1. The summed E-state index contributed by atoms with van der Waals surface area (Å²) in [7, 11) is 0. The standard InChI is InChI=1S/C30H33FN4O2.C2HF3O2/c31-24-11-9-22(10-12-24)25-18-28(25)33-19-21-13-15-35(16-14-21)29(36)17-20-5-7-23(8-6-20)30(37)34-27-4-2-1-3-26(27)32;3-2(4,5)1(6)7/h1-12,21,25,28,33H,13-19,32H2,(H,34,37);(H,6,7). The Morgan fingerprint density at radius 2 is 1.55 bits per heavy atom. The second-order valence-electron chi connectivity index (χ2n) is 11.0. The highest BCUT2D eigenvalue weighted by atomic mass is 19.4. The van der Waals surface area contributed by atoms with Gasteiger partial charge in [0.05, 0.1) is 17.8 Å². The Balaban J connectivity index is 0.000000566. The van der Waals surface area contributed by atoms with Crippen LogP contribution in [0.2, 0.25) is 0 Å². The number of hydrogen-bond donors (Lipinski definition) is 4. The predicted molar refractivity (Wildman–Crippen MR) is 157 cm³/mol. The van der Waals surface area contributed by atoms with E-state index in [2.05, 4.69) is 10.6 Å². The summed E-state index contributed by atoms with van der Waals surface area (Å²) >= 11 is 0. The largest absolute Gasteiger partial charge is 0.490 e. The lowest BCUT2D eigenvalue weighted by molar-refractivity contribution is -0.192. The molecule has 1 aliphatic heterocycles. The third-order valence-corrected chi connectivity index (χ3v) is 7.75. The Hall–Kier alpha value is -4.45. The number of carbonyl (C=O) groups excluding carboxylic acids is 2. The zero-order chi connectivity index (χ0) is 31.9. The van der Waals surface area contributed by atoms with Crippen molar-refractivity contribution in [3.05, 3.63) is 95.3 Å². The number of para-hydroxylation sites is 2. The van der Waals surface area contributed by atoms with E-state index in [1.54, 1.807) is 24.3 Å². The summed E-state index contributed by atoms with van der Waals surface area (Å²) in [6, 6.07) is 21.6. The quantitative estimate of drug-likeness (QED) is 0.204. The third-order valence-electron chi connectivity index (χ3n) is 7.75. The summed E-state index contributed by atoms with van der Waals surface area (Å²) in [5.74, 6) is -2.01. The number of nitrogens with one attached hydrogen (secondary N) is 2. The van der Waals surface area contributed by atoms with Gasteiger partial charge >= 0.3 is 12.1 Å². The normalized spacial score (nSPS) is 18.1. The molecule has 0 bridgehead atoms. The molecule has 1 saturated carbocycles. The van der Waals surface area contributed by atoms with Crippen LogP contribution < -0.4 is 16.4 Å². The van der Waals surface area contributed by atoms with E-state index in [9.17, 15) is 27.2 Å². The highest BCUT2D eigenvalue weighted by Gasteiger charge is 2.39. The fraction of sp³-hybridized carbons (Fsp3) is 0.344. The Labute approximate surface area is 252 Å². The molecule has 2 unspecified atom stereocenters. The molecule has 1 aliphatic carbocycles. The summed E-state index contributed by atoms with van der Waals surface area (Å²) in [6.07, 6.45) is -1.66. The fourth-order valence-electron chi connectivity index (χ4n) is 5.07. The summed E-state index contributed by atoms with van der Waals surface area (Å²) < 4.78 is 44.9. The van der Waals surface area contributed by atoms with Crippen molar-refractivity contribution < 1.29 is 37.1 Å². The minimum atomic E-state index is -5.08. The van der Waals surface area contributed by atoms with Gasteiger partial charge in [-0.15, -0.1) is 0 Å². The smallest absolute Gasteiger partial charge is 0.475 e. The molecule has 1 saturated heterocycles. The maximum Gasteiger partial charge on any atom is 0.490 e. The topological polar surface area (TPSA) is 125 Å². The number of nitrogens with zero attached hydrogens (tertiary/aromatic N) is 1. The second-order valence-corrected chi connectivity index (χ2v) is 11.0. The highest BCUT2D eigenvalue weighted by Crippen LogP contribution is 2.41. The third kappa shape index (κ3) is 9.27. The van der Waals surface area contributed by atoms with Gasteiger partial charge in [0.25, 0.3) is 5.91 Å². The molecule has 0 radical (unpaired) electrons. The molecule has 1 heterocycles. The SMILES string of the molecule is Nc1ccccc1NC(=O)c1ccc(CC(=O)N2CCC(CNC3CC3c3ccc(F)cc3)CC2)cc1.O=C(O)C(F)(F)F. The van der Waals surface area contributed by atoms with Crippen LogP contribution in [-0.4, -0.2) is 59.6 Å². The molecule has 44 heavy (non-hydrogen) atoms. The van der Waals surface area contributed by atoms with Crippen molar-refractivity contribution in [1.82, 2.24) is 10.2 Å². The lowest BCUT2D eigenvalue weighted by Gasteiger charge is -2.32. The molecule has 2 atom stereocenters. The van der Waals surface area contributed by atoms with Crippen molar-refractivity contribution in [1.29, 1.82) is 0 Å². The number of anilines is 2. The monoisotopic (exact) mass is 614 g/mol. The molecule has 2 amide bonds. The van der Waals surface area contributed by atoms with Crippen molar-refractivity contribution in [2.45, 2.75) is 43.8 Å². The van der Waals surface area contributed by atoms with Crippen LogP contribution in [-0.2, 0) is 16.0 Å². The van der Waals surface area contributed by atoms with Crippen LogP contribution in [0.1, 0.15) is 46.7 Å². The predicted octanol–water partition coefficient (Wildman–Crippen LogP) is 5.22. The summed E-state index contributed by atoms with van der Waals surface area (Å²) in [5, 5.41) is 13.6. The Morgan fingerprint density at radius 3 is 2.14 bits per heavy atom. The molecule has 0 aromatic heterocycles. The lowest BCUT2D eigenvalue weighted by atomic mass is 9.96. The fourth-order valence-corrected chi connectivity index (χ4v) is 5.07. The van der Waals surface area contributed by atoms with Gasteiger partial charge in [-0.25, -0.2) is 9.18 Å². The number of piperidine rings is 1. The van der Waals surface area contributed by atoms with Crippen molar-refractivity contribution in [2.75, 3.05) is 30.7 Å². The van der Waals surface area contributed by atoms with E-state index in [-0.39, 0.29) is 17.6 Å². The number of carboxylic acid groups (broad SMARTS) is 1. The van der Waals surface area contributed by atoms with Crippen molar-refractivity contribution in [3.63, 3.8) is 0 Å². The van der Waals surface area contributed by atoms with Crippen molar-refractivity contribution in [3.8, 4) is 0 Å². The van der Waals surface area contributed by atoms with Crippen LogP contribution in [0.15, 0.2) is 72.8 Å². The van der Waals surface area contributed by atoms with Crippen LogP contribution in [0.3, 0.4) is 0 Å². The number of amides is 2. The molecule has 5 N–H and O–H groups in total. The van der Waals surface area contributed by atoms with E-state index in [4.69, 9.17) is 15.6 Å². The first-order chi connectivity index (χ1) is 20.9. The van der Waals surface area contributed by atoms with Gasteiger partial charge < -0.3 is 26.4 Å². The van der Waals surface area contributed by atoms with E-state index < -0.39 is 12.1 Å². The number of carboxylic acids is 1. The molecule has 2 aliphatic rings. The van der Waals surface area contributed by atoms with Gasteiger partial charge in [-0.3, -0.25) is 9.59 Å². The van der Waals surface area contributed by atoms with Gasteiger partial charge in [0.2, 0.25) is 5.91 Å². The number of alkyl halides is 3. The molecular formula is C32H34F4N4O4. The van der Waals surface area contributed by atoms with Crippen LogP contribution in [0.25, 0.3) is 0 Å². The number of rotatable bonds is 8. The Kier molecular flexibility index (Phi) is 10.6. The number of aliphatic carboxylic acids is 1. The average molecular weight is 615 g/mol.